The molecule has 1 aromatic carbocycles. The van der Waals surface area contributed by atoms with E-state index in [4.69, 9.17) is 0 Å². The Labute approximate surface area is 109 Å². The van der Waals surface area contributed by atoms with Crippen molar-refractivity contribution in [2.75, 3.05) is 6.26 Å². The molecule has 90 valence electrons. The maximum absolute atomic E-state index is 4.29. The first kappa shape index (κ1) is 11.2. The van der Waals surface area contributed by atoms with E-state index in [0.717, 1.165) is 17.7 Å². The highest BCUT2D eigenvalue weighted by Gasteiger charge is 2.04. The number of nitrogens with zero attached hydrogens (tertiary/aromatic N) is 4. The molecule has 2 heterocycles. The van der Waals surface area contributed by atoms with Crippen molar-refractivity contribution >= 4 is 22.9 Å². The van der Waals surface area contributed by atoms with Crippen molar-refractivity contribution in [1.29, 1.82) is 0 Å². The second-order valence-electron chi connectivity index (χ2n) is 3.96. The third kappa shape index (κ3) is 2.09. The molecule has 18 heavy (non-hydrogen) atoms. The van der Waals surface area contributed by atoms with Crippen LogP contribution in [0.2, 0.25) is 0 Å². The quantitative estimate of drug-likeness (QED) is 0.676. The number of hydrogen-bond acceptors (Lipinski definition) is 4. The van der Waals surface area contributed by atoms with Gasteiger partial charge in [0.2, 0.25) is 0 Å². The van der Waals surface area contributed by atoms with Crippen LogP contribution in [0.15, 0.2) is 48.0 Å². The third-order valence-electron chi connectivity index (χ3n) is 2.77. The van der Waals surface area contributed by atoms with Gasteiger partial charge in [-0.05, 0) is 24.0 Å². The maximum atomic E-state index is 4.29. The first-order valence-corrected chi connectivity index (χ1v) is 6.83. The van der Waals surface area contributed by atoms with Crippen LogP contribution in [0.4, 0.5) is 0 Å². The Morgan fingerprint density at radius 3 is 3.11 bits per heavy atom. The molecular formula is C13H12N4S. The minimum atomic E-state index is 0.780. The molecule has 3 aromatic rings. The molecule has 0 N–H and O–H groups in total. The highest BCUT2D eigenvalue weighted by Crippen LogP contribution is 2.17. The Morgan fingerprint density at radius 1 is 1.28 bits per heavy atom. The number of benzene rings is 1. The minimum Gasteiger partial charge on any atom is -0.311 e. The highest BCUT2D eigenvalue weighted by atomic mass is 32.2. The van der Waals surface area contributed by atoms with E-state index in [1.165, 1.54) is 10.5 Å². The molecular weight excluding hydrogens is 244 g/mol. The summed E-state index contributed by atoms with van der Waals surface area (Å²) in [6, 6.07) is 8.50. The van der Waals surface area contributed by atoms with Gasteiger partial charge in [0.05, 0.1) is 19.1 Å². The van der Waals surface area contributed by atoms with Gasteiger partial charge in [-0.1, -0.05) is 12.1 Å². The van der Waals surface area contributed by atoms with Gasteiger partial charge in [0, 0.05) is 4.90 Å². The molecule has 0 saturated carbocycles. The van der Waals surface area contributed by atoms with Crippen LogP contribution in [0.1, 0.15) is 5.56 Å². The molecule has 0 atom stereocenters. The fourth-order valence-electron chi connectivity index (χ4n) is 1.90. The molecule has 0 spiro atoms. The number of fused-ring (bicyclic) bond motifs is 1. The molecule has 0 fully saturated rings. The fourth-order valence-corrected chi connectivity index (χ4v) is 2.38. The summed E-state index contributed by atoms with van der Waals surface area (Å²) in [5, 5.41) is 0. The average Bonchev–Trinajstić information content (AvgIpc) is 2.83. The second kappa shape index (κ2) is 4.78. The van der Waals surface area contributed by atoms with E-state index in [2.05, 4.69) is 45.5 Å². The van der Waals surface area contributed by atoms with Crippen LogP contribution >= 0.6 is 11.8 Å². The molecule has 0 radical (unpaired) electrons. The van der Waals surface area contributed by atoms with Crippen molar-refractivity contribution < 1.29 is 0 Å². The Hall–Kier alpha value is -1.88. The molecule has 0 aliphatic heterocycles. The molecule has 4 nitrogen and oxygen atoms in total. The van der Waals surface area contributed by atoms with Gasteiger partial charge in [0.15, 0.2) is 5.65 Å². The van der Waals surface area contributed by atoms with Gasteiger partial charge < -0.3 is 4.57 Å². The van der Waals surface area contributed by atoms with Crippen molar-refractivity contribution in [3.05, 3.63) is 48.7 Å². The van der Waals surface area contributed by atoms with Gasteiger partial charge in [0.1, 0.15) is 11.8 Å². The smallest absolute Gasteiger partial charge is 0.163 e. The van der Waals surface area contributed by atoms with Crippen LogP contribution in [-0.4, -0.2) is 25.8 Å². The van der Waals surface area contributed by atoms with Crippen LogP contribution in [0.5, 0.6) is 0 Å². The van der Waals surface area contributed by atoms with Crippen LogP contribution < -0.4 is 0 Å². The van der Waals surface area contributed by atoms with Crippen molar-refractivity contribution in [2.24, 2.45) is 0 Å². The summed E-state index contributed by atoms with van der Waals surface area (Å²) >= 11 is 1.75. The molecule has 0 unspecified atom stereocenters. The van der Waals surface area contributed by atoms with E-state index in [0.29, 0.717) is 0 Å². The SMILES string of the molecule is CSc1cccc(Cn2cnc3cncnc32)c1. The largest absolute Gasteiger partial charge is 0.311 e. The lowest BCUT2D eigenvalue weighted by molar-refractivity contribution is 0.811. The van der Waals surface area contributed by atoms with Gasteiger partial charge in [-0.2, -0.15) is 0 Å². The van der Waals surface area contributed by atoms with E-state index < -0.39 is 0 Å². The Kier molecular flexibility index (Phi) is 2.98. The second-order valence-corrected chi connectivity index (χ2v) is 4.84. The predicted molar refractivity (Wildman–Crippen MR) is 72.6 cm³/mol. The van der Waals surface area contributed by atoms with E-state index in [9.17, 15) is 0 Å². The first-order valence-electron chi connectivity index (χ1n) is 5.60. The predicted octanol–water partition coefficient (Wildman–Crippen LogP) is 2.60. The summed E-state index contributed by atoms with van der Waals surface area (Å²) < 4.78 is 2.04. The van der Waals surface area contributed by atoms with Gasteiger partial charge in [-0.3, -0.25) is 0 Å². The highest BCUT2D eigenvalue weighted by molar-refractivity contribution is 7.98. The van der Waals surface area contributed by atoms with E-state index >= 15 is 0 Å². The zero-order valence-electron chi connectivity index (χ0n) is 9.95. The van der Waals surface area contributed by atoms with Crippen molar-refractivity contribution in [1.82, 2.24) is 19.5 Å². The van der Waals surface area contributed by atoms with Gasteiger partial charge >= 0.3 is 0 Å². The Bertz CT molecular complexity index is 677. The van der Waals surface area contributed by atoms with Crippen molar-refractivity contribution in [2.45, 2.75) is 11.4 Å². The summed E-state index contributed by atoms with van der Waals surface area (Å²) in [4.78, 5) is 13.8. The zero-order valence-corrected chi connectivity index (χ0v) is 10.8. The lowest BCUT2D eigenvalue weighted by atomic mass is 10.2. The number of rotatable bonds is 3. The lowest BCUT2D eigenvalue weighted by Crippen LogP contribution is -1.99. The summed E-state index contributed by atoms with van der Waals surface area (Å²) in [5.74, 6) is 0. The summed E-state index contributed by atoms with van der Waals surface area (Å²) in [6.07, 6.45) is 7.18. The third-order valence-corrected chi connectivity index (χ3v) is 3.49. The van der Waals surface area contributed by atoms with Crippen LogP contribution in [0, 0.1) is 0 Å². The van der Waals surface area contributed by atoms with Gasteiger partial charge in [-0.15, -0.1) is 11.8 Å². The van der Waals surface area contributed by atoms with E-state index in [-0.39, 0.29) is 0 Å². The van der Waals surface area contributed by atoms with E-state index in [1.54, 1.807) is 24.3 Å². The zero-order chi connectivity index (χ0) is 12.4. The monoisotopic (exact) mass is 256 g/mol. The molecule has 5 heteroatoms. The van der Waals surface area contributed by atoms with Crippen molar-refractivity contribution in [3.8, 4) is 0 Å². The molecule has 0 amide bonds. The molecule has 0 bridgehead atoms. The number of aromatic nitrogens is 4. The maximum Gasteiger partial charge on any atom is 0.163 e. The Balaban J connectivity index is 1.96. The van der Waals surface area contributed by atoms with Crippen LogP contribution in [0.3, 0.4) is 0 Å². The fraction of sp³-hybridized carbons (Fsp3) is 0.154. The first-order chi connectivity index (χ1) is 8.86. The molecule has 2 aromatic heterocycles. The number of hydrogen-bond donors (Lipinski definition) is 0. The lowest BCUT2D eigenvalue weighted by Gasteiger charge is -2.05. The molecule has 0 aliphatic rings. The van der Waals surface area contributed by atoms with Gasteiger partial charge in [-0.25, -0.2) is 15.0 Å². The standard InChI is InChI=1S/C13H12N4S/c1-18-11-4-2-3-10(5-11)7-17-9-16-12-6-14-8-15-13(12)17/h2-6,8-9H,7H2,1H3. The minimum absolute atomic E-state index is 0.780. The molecule has 0 aliphatic carbocycles. The Morgan fingerprint density at radius 2 is 2.22 bits per heavy atom. The van der Waals surface area contributed by atoms with Crippen LogP contribution in [0.25, 0.3) is 11.2 Å². The number of imidazole rings is 1. The molecule has 3 rings (SSSR count). The summed E-state index contributed by atoms with van der Waals surface area (Å²) in [7, 11) is 0. The average molecular weight is 256 g/mol. The van der Waals surface area contributed by atoms with E-state index in [1.807, 2.05) is 10.9 Å². The summed E-state index contributed by atoms with van der Waals surface area (Å²) in [5.41, 5.74) is 2.96. The number of thioether (sulfide) groups is 1. The van der Waals surface area contributed by atoms with Crippen molar-refractivity contribution in [3.63, 3.8) is 0 Å². The van der Waals surface area contributed by atoms with Crippen LogP contribution in [-0.2, 0) is 6.54 Å². The van der Waals surface area contributed by atoms with Gasteiger partial charge in [0.25, 0.3) is 0 Å². The molecule has 0 saturated heterocycles. The normalized spacial score (nSPS) is 10.9. The summed E-state index contributed by atoms with van der Waals surface area (Å²) in [6.45, 7) is 0.780. The topological polar surface area (TPSA) is 43.6 Å².